The van der Waals surface area contributed by atoms with Gasteiger partial charge < -0.3 is 25.6 Å². The average Bonchev–Trinajstić information content (AvgIpc) is 3.26. The predicted molar refractivity (Wildman–Crippen MR) is 118 cm³/mol. The summed E-state index contributed by atoms with van der Waals surface area (Å²) in [6.07, 6.45) is -4.81. The van der Waals surface area contributed by atoms with Crippen molar-refractivity contribution >= 4 is 23.7 Å². The molecule has 0 spiro atoms. The number of aromatic nitrogens is 3. The van der Waals surface area contributed by atoms with E-state index in [1.807, 2.05) is 34.9 Å². The molecule has 38 heavy (non-hydrogen) atoms. The highest BCUT2D eigenvalue weighted by molar-refractivity contribution is 5.75. The van der Waals surface area contributed by atoms with E-state index in [0.29, 0.717) is 24.6 Å². The molecule has 0 radical (unpaired) electrons. The summed E-state index contributed by atoms with van der Waals surface area (Å²) in [5, 5.41) is 23.9. The molecule has 0 saturated carbocycles. The molecule has 0 aliphatic carbocycles. The third-order valence-corrected chi connectivity index (χ3v) is 4.33. The minimum absolute atomic E-state index is 0.314. The molecule has 0 fully saturated rings. The van der Waals surface area contributed by atoms with E-state index in [0.717, 1.165) is 11.1 Å². The third kappa shape index (κ3) is 11.0. The zero-order chi connectivity index (χ0) is 29.1. The molecule has 16 heteroatoms. The van der Waals surface area contributed by atoms with Crippen LogP contribution in [0.4, 0.5) is 32.2 Å². The minimum atomic E-state index is -5.08. The number of carboxylic acids is 3. The molecular weight excluding hydrogens is 530 g/mol. The standard InChI is InChI=1S/C18H18N4O2.2C2HF3O2/c19-16-7-6-14(11-21-16)10-15(18(23)24)17-20-8-9-22(17)12-13-4-2-1-3-5-13;2*3-2(4,5)1(6)7/h1-9,11,15H,10,12H2,(H2,19,21)(H,23,24);2*(H,6,7). The van der Waals surface area contributed by atoms with Crippen LogP contribution in [0.2, 0.25) is 0 Å². The molecule has 2 heterocycles. The zero-order valence-corrected chi connectivity index (χ0v) is 19.0. The van der Waals surface area contributed by atoms with Gasteiger partial charge in [0.1, 0.15) is 17.6 Å². The molecular formula is C22H20F6N4O6. The molecule has 0 saturated heterocycles. The lowest BCUT2D eigenvalue weighted by Gasteiger charge is -2.15. The highest BCUT2D eigenvalue weighted by Gasteiger charge is 2.38. The van der Waals surface area contributed by atoms with Crippen molar-refractivity contribution in [3.05, 3.63) is 78.0 Å². The van der Waals surface area contributed by atoms with Gasteiger partial charge >= 0.3 is 30.3 Å². The second-order valence-electron chi connectivity index (χ2n) is 7.19. The van der Waals surface area contributed by atoms with E-state index in [1.54, 1.807) is 30.7 Å². The molecule has 1 aromatic carbocycles. The monoisotopic (exact) mass is 550 g/mol. The van der Waals surface area contributed by atoms with E-state index >= 15 is 0 Å². The highest BCUT2D eigenvalue weighted by atomic mass is 19.4. The molecule has 206 valence electrons. The smallest absolute Gasteiger partial charge is 0.481 e. The predicted octanol–water partition coefficient (Wildman–Crippen LogP) is 3.59. The molecule has 0 aliphatic heterocycles. The summed E-state index contributed by atoms with van der Waals surface area (Å²) in [6, 6.07) is 13.3. The van der Waals surface area contributed by atoms with Gasteiger partial charge in [-0.25, -0.2) is 19.6 Å². The lowest BCUT2D eigenvalue weighted by Crippen LogP contribution is -2.21. The average molecular weight is 550 g/mol. The van der Waals surface area contributed by atoms with E-state index in [-0.39, 0.29) is 0 Å². The maximum atomic E-state index is 11.8. The number of carboxylic acid groups (broad SMARTS) is 3. The van der Waals surface area contributed by atoms with Crippen LogP contribution >= 0.6 is 0 Å². The lowest BCUT2D eigenvalue weighted by atomic mass is 9.99. The van der Waals surface area contributed by atoms with Crippen LogP contribution in [-0.4, -0.2) is 60.1 Å². The first-order valence-corrected chi connectivity index (χ1v) is 10.1. The first-order chi connectivity index (χ1) is 17.5. The quantitative estimate of drug-likeness (QED) is 0.335. The molecule has 3 rings (SSSR count). The normalized spacial score (nSPS) is 11.7. The van der Waals surface area contributed by atoms with Gasteiger partial charge in [0, 0.05) is 25.1 Å². The number of benzene rings is 1. The molecule has 5 N–H and O–H groups in total. The number of anilines is 1. The summed E-state index contributed by atoms with van der Waals surface area (Å²) >= 11 is 0. The number of hydrogen-bond donors (Lipinski definition) is 4. The lowest BCUT2D eigenvalue weighted by molar-refractivity contribution is -0.193. The maximum absolute atomic E-state index is 11.8. The van der Waals surface area contributed by atoms with Gasteiger partial charge in [-0.1, -0.05) is 36.4 Å². The molecule has 2 aromatic heterocycles. The largest absolute Gasteiger partial charge is 0.490 e. The number of halogens is 6. The first-order valence-electron chi connectivity index (χ1n) is 10.1. The van der Waals surface area contributed by atoms with Crippen LogP contribution in [0, 0.1) is 0 Å². The second-order valence-corrected chi connectivity index (χ2v) is 7.19. The fraction of sp³-hybridized carbons (Fsp3) is 0.227. The number of aliphatic carboxylic acids is 3. The number of alkyl halides is 6. The van der Waals surface area contributed by atoms with E-state index < -0.39 is 36.2 Å². The number of imidazole rings is 1. The fourth-order valence-corrected chi connectivity index (χ4v) is 2.63. The van der Waals surface area contributed by atoms with Gasteiger partial charge in [-0.2, -0.15) is 26.3 Å². The Labute approximate surface area is 210 Å². The summed E-state index contributed by atoms with van der Waals surface area (Å²) in [7, 11) is 0. The second kappa shape index (κ2) is 13.6. The number of nitrogen functional groups attached to an aromatic ring is 1. The van der Waals surface area contributed by atoms with Gasteiger partial charge in [0.15, 0.2) is 0 Å². The van der Waals surface area contributed by atoms with Gasteiger partial charge in [0.2, 0.25) is 0 Å². The fourth-order valence-electron chi connectivity index (χ4n) is 2.63. The Kier molecular flexibility index (Phi) is 11.3. The Morgan fingerprint density at radius 2 is 1.37 bits per heavy atom. The summed E-state index contributed by atoms with van der Waals surface area (Å²) in [6.45, 7) is 0.583. The molecule has 10 nitrogen and oxygen atoms in total. The molecule has 3 aromatic rings. The minimum Gasteiger partial charge on any atom is -0.481 e. The van der Waals surface area contributed by atoms with Crippen LogP contribution in [-0.2, 0) is 27.3 Å². The topological polar surface area (TPSA) is 169 Å². The van der Waals surface area contributed by atoms with Crippen LogP contribution in [0.5, 0.6) is 0 Å². The molecule has 0 aliphatic rings. The van der Waals surface area contributed by atoms with Crippen molar-refractivity contribution in [1.82, 2.24) is 14.5 Å². The van der Waals surface area contributed by atoms with E-state index in [9.17, 15) is 36.2 Å². The third-order valence-electron chi connectivity index (χ3n) is 4.33. The Morgan fingerprint density at radius 1 is 0.842 bits per heavy atom. The number of rotatable bonds is 6. The van der Waals surface area contributed by atoms with E-state index in [1.165, 1.54) is 0 Å². The number of hydrogen-bond acceptors (Lipinski definition) is 6. The van der Waals surface area contributed by atoms with Crippen molar-refractivity contribution in [1.29, 1.82) is 0 Å². The molecule has 1 unspecified atom stereocenters. The SMILES string of the molecule is Nc1ccc(CC(C(=O)O)c2nccn2Cc2ccccc2)cn1.O=C(O)C(F)(F)F.O=C(O)C(F)(F)F. The van der Waals surface area contributed by atoms with Crippen molar-refractivity contribution in [2.45, 2.75) is 31.2 Å². The van der Waals surface area contributed by atoms with Crippen LogP contribution in [0.25, 0.3) is 0 Å². The summed E-state index contributed by atoms with van der Waals surface area (Å²) in [4.78, 5) is 37.9. The Hall–Kier alpha value is -4.63. The molecule has 0 bridgehead atoms. The maximum Gasteiger partial charge on any atom is 0.490 e. The summed E-state index contributed by atoms with van der Waals surface area (Å²) in [5.74, 6) is -6.22. The van der Waals surface area contributed by atoms with Crippen LogP contribution in [0.3, 0.4) is 0 Å². The molecule has 0 amide bonds. The number of nitrogens with zero attached hydrogens (tertiary/aromatic N) is 3. The van der Waals surface area contributed by atoms with E-state index in [2.05, 4.69) is 9.97 Å². The summed E-state index contributed by atoms with van der Waals surface area (Å²) < 4.78 is 65.3. The summed E-state index contributed by atoms with van der Waals surface area (Å²) in [5.41, 5.74) is 7.48. The first kappa shape index (κ1) is 31.4. The van der Waals surface area contributed by atoms with Crippen molar-refractivity contribution < 1.29 is 56.0 Å². The number of pyridine rings is 1. The Balaban J connectivity index is 0.000000426. The molecule has 1 atom stereocenters. The van der Waals surface area contributed by atoms with Crippen molar-refractivity contribution in [3.8, 4) is 0 Å². The number of nitrogens with two attached hydrogens (primary N) is 1. The van der Waals surface area contributed by atoms with Crippen molar-refractivity contribution in [2.75, 3.05) is 5.73 Å². The van der Waals surface area contributed by atoms with Gasteiger partial charge in [-0.3, -0.25) is 4.79 Å². The highest BCUT2D eigenvalue weighted by Crippen LogP contribution is 2.21. The Bertz CT molecular complexity index is 1170. The zero-order valence-electron chi connectivity index (χ0n) is 19.0. The van der Waals surface area contributed by atoms with Gasteiger partial charge in [0.25, 0.3) is 0 Å². The van der Waals surface area contributed by atoms with Crippen molar-refractivity contribution in [2.24, 2.45) is 0 Å². The number of carbonyl (C=O) groups is 3. The van der Waals surface area contributed by atoms with Crippen LogP contribution < -0.4 is 5.73 Å². The van der Waals surface area contributed by atoms with Crippen LogP contribution in [0.15, 0.2) is 61.1 Å². The van der Waals surface area contributed by atoms with Gasteiger partial charge in [0.05, 0.1) is 0 Å². The van der Waals surface area contributed by atoms with Crippen LogP contribution in [0.1, 0.15) is 22.9 Å². The van der Waals surface area contributed by atoms with E-state index in [4.69, 9.17) is 25.5 Å². The Morgan fingerprint density at radius 3 is 1.79 bits per heavy atom. The van der Waals surface area contributed by atoms with Gasteiger partial charge in [-0.05, 0) is 23.6 Å². The van der Waals surface area contributed by atoms with Gasteiger partial charge in [-0.15, -0.1) is 0 Å². The van der Waals surface area contributed by atoms with Crippen molar-refractivity contribution in [3.63, 3.8) is 0 Å².